The van der Waals surface area contributed by atoms with Crippen LogP contribution in [-0.2, 0) is 4.74 Å². The number of ether oxygens (including phenoxy) is 2. The number of rotatable bonds is 9. The predicted octanol–water partition coefficient (Wildman–Crippen LogP) is 1.94. The molecular formula is C15H22ClN3O4. The van der Waals surface area contributed by atoms with Crippen molar-refractivity contribution in [2.24, 2.45) is 0 Å². The van der Waals surface area contributed by atoms with Gasteiger partial charge in [-0.25, -0.2) is 0 Å². The Morgan fingerprint density at radius 3 is 2.87 bits per heavy atom. The van der Waals surface area contributed by atoms with E-state index >= 15 is 0 Å². The second-order valence-electron chi connectivity index (χ2n) is 5.28. The Labute approximate surface area is 140 Å². The van der Waals surface area contributed by atoms with Gasteiger partial charge in [0.1, 0.15) is 0 Å². The first-order valence-electron chi connectivity index (χ1n) is 7.74. The first-order chi connectivity index (χ1) is 11.2. The SMILES string of the molecule is O=[N+]([O-])c1cc(Cl)ccc1OCCCNCCN1CCOCC1. The zero-order chi connectivity index (χ0) is 16.5. The maximum atomic E-state index is 10.9. The van der Waals surface area contributed by atoms with Crippen molar-refractivity contribution < 1.29 is 14.4 Å². The van der Waals surface area contributed by atoms with Gasteiger partial charge in [0.05, 0.1) is 24.7 Å². The number of hydrogen-bond acceptors (Lipinski definition) is 6. The first-order valence-corrected chi connectivity index (χ1v) is 8.12. The molecule has 8 heteroatoms. The average molecular weight is 344 g/mol. The monoisotopic (exact) mass is 343 g/mol. The first kappa shape index (κ1) is 17.9. The summed E-state index contributed by atoms with van der Waals surface area (Å²) in [5.74, 6) is 0.257. The highest BCUT2D eigenvalue weighted by Gasteiger charge is 2.15. The van der Waals surface area contributed by atoms with E-state index in [1.807, 2.05) is 0 Å². The van der Waals surface area contributed by atoms with Crippen molar-refractivity contribution in [1.29, 1.82) is 0 Å². The lowest BCUT2D eigenvalue weighted by Gasteiger charge is -2.26. The van der Waals surface area contributed by atoms with Crippen LogP contribution in [0.4, 0.5) is 5.69 Å². The molecule has 1 aromatic carbocycles. The van der Waals surface area contributed by atoms with Gasteiger partial charge in [-0.05, 0) is 25.1 Å². The van der Waals surface area contributed by atoms with Crippen LogP contribution in [-0.4, -0.2) is 62.4 Å². The van der Waals surface area contributed by atoms with Gasteiger partial charge >= 0.3 is 5.69 Å². The summed E-state index contributed by atoms with van der Waals surface area (Å²) in [6.07, 6.45) is 0.781. The minimum Gasteiger partial charge on any atom is -0.487 e. The van der Waals surface area contributed by atoms with E-state index in [2.05, 4.69) is 10.2 Å². The molecule has 1 aliphatic rings. The zero-order valence-corrected chi connectivity index (χ0v) is 13.8. The van der Waals surface area contributed by atoms with E-state index < -0.39 is 4.92 Å². The number of benzene rings is 1. The Morgan fingerprint density at radius 1 is 1.35 bits per heavy atom. The molecule has 0 atom stereocenters. The molecule has 0 aliphatic carbocycles. The zero-order valence-electron chi connectivity index (χ0n) is 13.0. The van der Waals surface area contributed by atoms with Crippen LogP contribution in [0.1, 0.15) is 6.42 Å². The summed E-state index contributed by atoms with van der Waals surface area (Å²) in [6.45, 7) is 6.77. The number of nitro benzene ring substituents is 1. The average Bonchev–Trinajstić information content (AvgIpc) is 2.56. The van der Waals surface area contributed by atoms with E-state index in [9.17, 15) is 10.1 Å². The molecule has 7 nitrogen and oxygen atoms in total. The second kappa shape index (κ2) is 9.67. The standard InChI is InChI=1S/C15H22ClN3O4/c16-13-2-3-15(14(12-13)19(20)21)23-9-1-4-17-5-6-18-7-10-22-11-8-18/h2-3,12,17H,1,4-11H2. The molecule has 0 aromatic heterocycles. The quantitative estimate of drug-likeness (QED) is 0.419. The fourth-order valence-electron chi connectivity index (χ4n) is 2.32. The molecule has 0 spiro atoms. The van der Waals surface area contributed by atoms with E-state index in [0.717, 1.165) is 52.4 Å². The highest BCUT2D eigenvalue weighted by molar-refractivity contribution is 6.30. The summed E-state index contributed by atoms with van der Waals surface area (Å²) in [5.41, 5.74) is -0.0993. The Kier molecular flexibility index (Phi) is 7.54. The largest absolute Gasteiger partial charge is 0.487 e. The molecule has 1 aromatic rings. The van der Waals surface area contributed by atoms with E-state index in [4.69, 9.17) is 21.1 Å². The lowest BCUT2D eigenvalue weighted by Crippen LogP contribution is -2.40. The third-order valence-electron chi connectivity index (χ3n) is 3.58. The van der Waals surface area contributed by atoms with Crippen LogP contribution in [0.2, 0.25) is 5.02 Å². The molecule has 1 aliphatic heterocycles. The normalized spacial score (nSPS) is 15.5. The molecule has 128 valence electrons. The highest BCUT2D eigenvalue weighted by atomic mass is 35.5. The third kappa shape index (κ3) is 6.31. The molecule has 0 saturated carbocycles. The molecule has 1 N–H and O–H groups in total. The van der Waals surface area contributed by atoms with Gasteiger partial charge in [-0.2, -0.15) is 0 Å². The maximum Gasteiger partial charge on any atom is 0.312 e. The third-order valence-corrected chi connectivity index (χ3v) is 3.82. The van der Waals surface area contributed by atoms with Crippen LogP contribution < -0.4 is 10.1 Å². The van der Waals surface area contributed by atoms with Crippen molar-refractivity contribution in [3.63, 3.8) is 0 Å². The molecule has 23 heavy (non-hydrogen) atoms. The number of nitrogens with one attached hydrogen (secondary N) is 1. The van der Waals surface area contributed by atoms with Crippen LogP contribution >= 0.6 is 11.6 Å². The summed E-state index contributed by atoms with van der Waals surface area (Å²) < 4.78 is 10.8. The van der Waals surface area contributed by atoms with Crippen molar-refractivity contribution in [3.05, 3.63) is 33.3 Å². The molecule has 1 fully saturated rings. The molecule has 1 heterocycles. The van der Waals surface area contributed by atoms with E-state index in [1.54, 1.807) is 6.07 Å². The predicted molar refractivity (Wildman–Crippen MR) is 88.3 cm³/mol. The van der Waals surface area contributed by atoms with Gasteiger partial charge in [0.15, 0.2) is 5.75 Å². The van der Waals surface area contributed by atoms with Gasteiger partial charge in [0.2, 0.25) is 0 Å². The second-order valence-corrected chi connectivity index (χ2v) is 5.71. The van der Waals surface area contributed by atoms with Crippen molar-refractivity contribution in [1.82, 2.24) is 10.2 Å². The number of hydrogen-bond donors (Lipinski definition) is 1. The van der Waals surface area contributed by atoms with Gasteiger partial charge in [-0.15, -0.1) is 0 Å². The van der Waals surface area contributed by atoms with Gasteiger partial charge in [0, 0.05) is 37.3 Å². The van der Waals surface area contributed by atoms with Crippen LogP contribution in [0.25, 0.3) is 0 Å². The summed E-state index contributed by atoms with van der Waals surface area (Å²) in [5, 5.41) is 14.6. The molecule has 2 rings (SSSR count). The molecule has 0 bridgehead atoms. The smallest absolute Gasteiger partial charge is 0.312 e. The molecule has 0 unspecified atom stereocenters. The maximum absolute atomic E-state index is 10.9. The fourth-order valence-corrected chi connectivity index (χ4v) is 2.49. The van der Waals surface area contributed by atoms with Crippen molar-refractivity contribution in [2.75, 3.05) is 52.5 Å². The van der Waals surface area contributed by atoms with Crippen molar-refractivity contribution in [3.8, 4) is 5.75 Å². The van der Waals surface area contributed by atoms with Crippen molar-refractivity contribution in [2.45, 2.75) is 6.42 Å². The fraction of sp³-hybridized carbons (Fsp3) is 0.600. The molecule has 0 amide bonds. The Hall–Kier alpha value is -1.41. The Bertz CT molecular complexity index is 509. The van der Waals surface area contributed by atoms with Gasteiger partial charge < -0.3 is 14.8 Å². The molecule has 1 saturated heterocycles. The lowest BCUT2D eigenvalue weighted by atomic mass is 10.3. The molecular weight excluding hydrogens is 322 g/mol. The van der Waals surface area contributed by atoms with Crippen LogP contribution in [0.5, 0.6) is 5.75 Å². The topological polar surface area (TPSA) is 76.9 Å². The lowest BCUT2D eigenvalue weighted by molar-refractivity contribution is -0.385. The van der Waals surface area contributed by atoms with Gasteiger partial charge in [-0.1, -0.05) is 11.6 Å². The van der Waals surface area contributed by atoms with E-state index in [0.29, 0.717) is 11.6 Å². The van der Waals surface area contributed by atoms with E-state index in [1.165, 1.54) is 12.1 Å². The van der Waals surface area contributed by atoms with Crippen LogP contribution in [0.3, 0.4) is 0 Å². The van der Waals surface area contributed by atoms with Crippen LogP contribution in [0, 0.1) is 10.1 Å². The Balaban J connectivity index is 1.59. The number of morpholine rings is 1. The number of nitro groups is 1. The van der Waals surface area contributed by atoms with Gasteiger partial charge in [0.25, 0.3) is 0 Å². The number of halogens is 1. The Morgan fingerprint density at radius 2 is 2.13 bits per heavy atom. The van der Waals surface area contributed by atoms with Crippen molar-refractivity contribution >= 4 is 17.3 Å². The summed E-state index contributed by atoms with van der Waals surface area (Å²) in [6, 6.07) is 4.42. The summed E-state index contributed by atoms with van der Waals surface area (Å²) in [7, 11) is 0. The summed E-state index contributed by atoms with van der Waals surface area (Å²) in [4.78, 5) is 12.8. The highest BCUT2D eigenvalue weighted by Crippen LogP contribution is 2.29. The minimum absolute atomic E-state index is 0.0993. The van der Waals surface area contributed by atoms with Gasteiger partial charge in [-0.3, -0.25) is 15.0 Å². The molecule has 0 radical (unpaired) electrons. The number of nitrogens with zero attached hydrogens (tertiary/aromatic N) is 2. The summed E-state index contributed by atoms with van der Waals surface area (Å²) >= 11 is 5.76. The van der Waals surface area contributed by atoms with Crippen LogP contribution in [0.15, 0.2) is 18.2 Å². The minimum atomic E-state index is -0.484. The van der Waals surface area contributed by atoms with E-state index in [-0.39, 0.29) is 11.4 Å².